The van der Waals surface area contributed by atoms with Gasteiger partial charge in [0.1, 0.15) is 0 Å². The van der Waals surface area contributed by atoms with Crippen molar-refractivity contribution in [3.63, 3.8) is 0 Å². The first-order chi connectivity index (χ1) is 6.40. The zero-order valence-corrected chi connectivity index (χ0v) is 10.7. The molecule has 0 aliphatic carbocycles. The molecule has 0 aromatic heterocycles. The van der Waals surface area contributed by atoms with Crippen LogP contribution >= 0.6 is 0 Å². The molecule has 84 valence electrons. The van der Waals surface area contributed by atoms with Gasteiger partial charge in [-0.2, -0.15) is 0 Å². The van der Waals surface area contributed by atoms with Gasteiger partial charge in [-0.1, -0.05) is 13.3 Å². The van der Waals surface area contributed by atoms with Crippen molar-refractivity contribution >= 4 is 0 Å². The van der Waals surface area contributed by atoms with E-state index >= 15 is 0 Å². The fourth-order valence-electron chi connectivity index (χ4n) is 2.96. The predicted octanol–water partition coefficient (Wildman–Crippen LogP) is 3.83. The zero-order chi connectivity index (χ0) is 10.8. The van der Waals surface area contributed by atoms with Crippen LogP contribution < -0.4 is 0 Å². The third-order valence-corrected chi connectivity index (χ3v) is 3.77. The smallest absolute Gasteiger partial charge is 0.0158 e. The molecule has 0 radical (unpaired) electrons. The molecule has 14 heavy (non-hydrogen) atoms. The molecule has 0 aromatic rings. The summed E-state index contributed by atoms with van der Waals surface area (Å²) in [4.78, 5) is 2.73. The van der Waals surface area contributed by atoms with Gasteiger partial charge < -0.3 is 0 Å². The van der Waals surface area contributed by atoms with Gasteiger partial charge in [0.2, 0.25) is 0 Å². The molecule has 1 nitrogen and oxygen atoms in total. The summed E-state index contributed by atoms with van der Waals surface area (Å²) in [5, 5.41) is 0. The van der Waals surface area contributed by atoms with Gasteiger partial charge >= 0.3 is 0 Å². The summed E-state index contributed by atoms with van der Waals surface area (Å²) in [7, 11) is 0. The zero-order valence-electron chi connectivity index (χ0n) is 10.7. The van der Waals surface area contributed by atoms with Gasteiger partial charge in [0.15, 0.2) is 0 Å². The molecule has 1 rings (SSSR count). The SMILES string of the molecule is CCCCN1C(C)(C)CCCC1(C)C. The molecule has 0 unspecified atom stereocenters. The van der Waals surface area contributed by atoms with Gasteiger partial charge in [0.05, 0.1) is 0 Å². The predicted molar refractivity (Wildman–Crippen MR) is 63.6 cm³/mol. The summed E-state index contributed by atoms with van der Waals surface area (Å²) >= 11 is 0. The average Bonchev–Trinajstić information content (AvgIpc) is 2.01. The minimum absolute atomic E-state index is 0.414. The highest BCUT2D eigenvalue weighted by Gasteiger charge is 2.40. The van der Waals surface area contributed by atoms with E-state index in [-0.39, 0.29) is 0 Å². The van der Waals surface area contributed by atoms with Crippen LogP contribution in [0.2, 0.25) is 0 Å². The summed E-state index contributed by atoms with van der Waals surface area (Å²) in [5.41, 5.74) is 0.827. The molecule has 1 fully saturated rings. The first kappa shape index (κ1) is 12.0. The largest absolute Gasteiger partial charge is 0.293 e. The van der Waals surface area contributed by atoms with Gasteiger partial charge in [-0.3, -0.25) is 4.90 Å². The monoisotopic (exact) mass is 197 g/mol. The van der Waals surface area contributed by atoms with Crippen LogP contribution in [0.5, 0.6) is 0 Å². The molecule has 0 bridgehead atoms. The minimum atomic E-state index is 0.414. The summed E-state index contributed by atoms with van der Waals surface area (Å²) in [6, 6.07) is 0. The molecule has 0 spiro atoms. The van der Waals surface area contributed by atoms with Crippen molar-refractivity contribution < 1.29 is 0 Å². The second-order valence-corrected chi connectivity index (χ2v) is 5.98. The number of rotatable bonds is 3. The molecule has 0 aromatic carbocycles. The second kappa shape index (κ2) is 4.22. The van der Waals surface area contributed by atoms with Crippen LogP contribution in [-0.2, 0) is 0 Å². The number of likely N-dealkylation sites (tertiary alicyclic amines) is 1. The summed E-state index contributed by atoms with van der Waals surface area (Å²) in [6.07, 6.45) is 6.76. The number of unbranched alkanes of at least 4 members (excludes halogenated alkanes) is 1. The maximum Gasteiger partial charge on any atom is 0.0158 e. The Morgan fingerprint density at radius 3 is 1.93 bits per heavy atom. The quantitative estimate of drug-likeness (QED) is 0.664. The lowest BCUT2D eigenvalue weighted by molar-refractivity contribution is -0.0273. The maximum absolute atomic E-state index is 2.73. The molecule has 1 heteroatoms. The Bertz CT molecular complexity index is 166. The summed E-state index contributed by atoms with van der Waals surface area (Å²) in [5.74, 6) is 0. The molecular formula is C13H27N. The molecule has 1 saturated heterocycles. The van der Waals surface area contributed by atoms with Crippen molar-refractivity contribution in [1.29, 1.82) is 0 Å². The van der Waals surface area contributed by atoms with E-state index < -0.39 is 0 Å². The van der Waals surface area contributed by atoms with E-state index in [2.05, 4.69) is 39.5 Å². The van der Waals surface area contributed by atoms with Gasteiger partial charge in [-0.15, -0.1) is 0 Å². The Kier molecular flexibility index (Phi) is 3.63. The van der Waals surface area contributed by atoms with Crippen molar-refractivity contribution in [2.24, 2.45) is 0 Å². The Hall–Kier alpha value is -0.0400. The average molecular weight is 197 g/mol. The van der Waals surface area contributed by atoms with Crippen LogP contribution in [0.1, 0.15) is 66.7 Å². The van der Waals surface area contributed by atoms with Crippen LogP contribution in [-0.4, -0.2) is 22.5 Å². The molecule has 0 N–H and O–H groups in total. The van der Waals surface area contributed by atoms with E-state index in [4.69, 9.17) is 0 Å². The molecule has 1 heterocycles. The Labute approximate surface area is 89.9 Å². The van der Waals surface area contributed by atoms with Crippen LogP contribution in [0.15, 0.2) is 0 Å². The third kappa shape index (κ3) is 2.50. The lowest BCUT2D eigenvalue weighted by Crippen LogP contribution is -2.58. The van der Waals surface area contributed by atoms with E-state index in [1.807, 2.05) is 0 Å². The lowest BCUT2D eigenvalue weighted by atomic mass is 9.79. The Morgan fingerprint density at radius 2 is 1.50 bits per heavy atom. The normalized spacial score (nSPS) is 26.4. The molecule has 0 amide bonds. The molecule has 0 atom stereocenters. The van der Waals surface area contributed by atoms with Crippen LogP contribution in [0.25, 0.3) is 0 Å². The molecule has 0 saturated carbocycles. The fourth-order valence-corrected chi connectivity index (χ4v) is 2.96. The van der Waals surface area contributed by atoms with Crippen molar-refractivity contribution in [3.05, 3.63) is 0 Å². The minimum Gasteiger partial charge on any atom is -0.293 e. The Balaban J connectivity index is 2.70. The van der Waals surface area contributed by atoms with Crippen molar-refractivity contribution in [1.82, 2.24) is 4.90 Å². The molecule has 1 aliphatic heterocycles. The second-order valence-electron chi connectivity index (χ2n) is 5.98. The molecule has 1 aliphatic rings. The Morgan fingerprint density at radius 1 is 1.00 bits per heavy atom. The van der Waals surface area contributed by atoms with Crippen LogP contribution in [0, 0.1) is 0 Å². The first-order valence-electron chi connectivity index (χ1n) is 6.18. The van der Waals surface area contributed by atoms with Gasteiger partial charge in [0.25, 0.3) is 0 Å². The van der Waals surface area contributed by atoms with Crippen LogP contribution in [0.3, 0.4) is 0 Å². The highest BCUT2D eigenvalue weighted by atomic mass is 15.3. The summed E-state index contributed by atoms with van der Waals surface area (Å²) < 4.78 is 0. The maximum atomic E-state index is 2.73. The molecular weight excluding hydrogens is 170 g/mol. The van der Waals surface area contributed by atoms with Gasteiger partial charge in [0, 0.05) is 11.1 Å². The highest BCUT2D eigenvalue weighted by Crippen LogP contribution is 2.38. The van der Waals surface area contributed by atoms with Gasteiger partial charge in [-0.25, -0.2) is 0 Å². The standard InChI is InChI=1S/C13H27N/c1-6-7-11-14-12(2,3)9-8-10-13(14,4)5/h6-11H2,1-5H3. The lowest BCUT2D eigenvalue weighted by Gasteiger charge is -2.53. The van der Waals surface area contributed by atoms with Crippen molar-refractivity contribution in [2.45, 2.75) is 77.8 Å². The number of nitrogens with zero attached hydrogens (tertiary/aromatic N) is 1. The van der Waals surface area contributed by atoms with E-state index in [1.54, 1.807) is 0 Å². The number of hydrogen-bond acceptors (Lipinski definition) is 1. The van der Waals surface area contributed by atoms with Crippen molar-refractivity contribution in [2.75, 3.05) is 6.54 Å². The van der Waals surface area contributed by atoms with E-state index in [0.717, 1.165) is 0 Å². The number of piperidine rings is 1. The van der Waals surface area contributed by atoms with E-state index in [0.29, 0.717) is 11.1 Å². The number of hydrogen-bond donors (Lipinski definition) is 0. The third-order valence-electron chi connectivity index (χ3n) is 3.77. The fraction of sp³-hybridized carbons (Fsp3) is 1.00. The first-order valence-corrected chi connectivity index (χ1v) is 6.18. The van der Waals surface area contributed by atoms with E-state index in [9.17, 15) is 0 Å². The topological polar surface area (TPSA) is 3.24 Å². The van der Waals surface area contributed by atoms with E-state index in [1.165, 1.54) is 38.6 Å². The highest BCUT2D eigenvalue weighted by molar-refractivity contribution is 4.96. The summed E-state index contributed by atoms with van der Waals surface area (Å²) in [6.45, 7) is 13.2. The van der Waals surface area contributed by atoms with Crippen molar-refractivity contribution in [3.8, 4) is 0 Å². The van der Waals surface area contributed by atoms with Gasteiger partial charge in [-0.05, 0) is 59.9 Å². The van der Waals surface area contributed by atoms with Crippen LogP contribution in [0.4, 0.5) is 0 Å².